The van der Waals surface area contributed by atoms with Crippen LogP contribution in [0.3, 0.4) is 0 Å². The fourth-order valence-electron chi connectivity index (χ4n) is 5.19. The summed E-state index contributed by atoms with van der Waals surface area (Å²) in [6.07, 6.45) is 21.7. The van der Waals surface area contributed by atoms with Crippen LogP contribution in [0.4, 0.5) is 0 Å². The van der Waals surface area contributed by atoms with E-state index in [0.717, 1.165) is 6.61 Å². The van der Waals surface area contributed by atoms with E-state index in [9.17, 15) is 0 Å². The maximum absolute atomic E-state index is 6.85. The predicted molar refractivity (Wildman–Crippen MR) is 133 cm³/mol. The largest absolute Gasteiger partial charge is 0.374 e. The Kier molecular flexibility index (Phi) is 15.7. The van der Waals surface area contributed by atoms with Crippen molar-refractivity contribution in [2.45, 2.75) is 164 Å². The quantitative estimate of drug-likeness (QED) is 0.204. The van der Waals surface area contributed by atoms with Crippen molar-refractivity contribution in [3.05, 3.63) is 0 Å². The van der Waals surface area contributed by atoms with E-state index in [1.165, 1.54) is 103 Å². The van der Waals surface area contributed by atoms with E-state index in [1.807, 2.05) is 0 Å². The predicted octanol–water partition coefficient (Wildman–Crippen LogP) is 10.1. The van der Waals surface area contributed by atoms with Gasteiger partial charge in [0.1, 0.15) is 0 Å². The summed E-state index contributed by atoms with van der Waals surface area (Å²) in [4.78, 5) is 0. The molecule has 0 aromatic rings. The summed E-state index contributed by atoms with van der Waals surface area (Å²) >= 11 is 0. The first-order valence-corrected chi connectivity index (χ1v) is 13.3. The molecular weight excluding hydrogens is 352 g/mol. The zero-order chi connectivity index (χ0) is 22.2. The maximum atomic E-state index is 6.85. The summed E-state index contributed by atoms with van der Waals surface area (Å²) in [6.45, 7) is 19.9. The van der Waals surface area contributed by atoms with Crippen LogP contribution in [0.25, 0.3) is 0 Å². The Balaban J connectivity index is 4.51. The molecule has 0 aliphatic heterocycles. The van der Waals surface area contributed by atoms with Gasteiger partial charge in [-0.3, -0.25) is 0 Å². The first kappa shape index (κ1) is 29.0. The third kappa shape index (κ3) is 11.8. The van der Waals surface area contributed by atoms with Crippen LogP contribution in [-0.2, 0) is 4.74 Å². The molecule has 0 bridgehead atoms. The Morgan fingerprint density at radius 3 is 1.17 bits per heavy atom. The minimum atomic E-state index is -0.0372. The summed E-state index contributed by atoms with van der Waals surface area (Å²) in [5, 5.41) is 0. The van der Waals surface area contributed by atoms with E-state index in [2.05, 4.69) is 55.4 Å². The van der Waals surface area contributed by atoms with Crippen molar-refractivity contribution in [3.63, 3.8) is 0 Å². The Morgan fingerprint density at radius 1 is 0.448 bits per heavy atom. The molecule has 176 valence electrons. The molecular formula is C28H58O. The van der Waals surface area contributed by atoms with Gasteiger partial charge in [0.2, 0.25) is 0 Å². The van der Waals surface area contributed by atoms with Crippen molar-refractivity contribution in [2.75, 3.05) is 6.61 Å². The normalized spacial score (nSPS) is 13.2. The van der Waals surface area contributed by atoms with Gasteiger partial charge in [-0.2, -0.15) is 0 Å². The summed E-state index contributed by atoms with van der Waals surface area (Å²) in [5.74, 6) is 0. The van der Waals surface area contributed by atoms with E-state index in [1.54, 1.807) is 0 Å². The van der Waals surface area contributed by atoms with Crippen LogP contribution >= 0.6 is 0 Å². The second-order valence-corrected chi connectivity index (χ2v) is 11.5. The van der Waals surface area contributed by atoms with Crippen LogP contribution < -0.4 is 0 Å². The summed E-state index contributed by atoms with van der Waals surface area (Å²) in [5.41, 5.74) is 0.284. The van der Waals surface area contributed by atoms with E-state index in [4.69, 9.17) is 4.74 Å². The van der Waals surface area contributed by atoms with Crippen molar-refractivity contribution >= 4 is 0 Å². The van der Waals surface area contributed by atoms with Gasteiger partial charge in [0.15, 0.2) is 0 Å². The molecule has 0 rings (SSSR count). The van der Waals surface area contributed by atoms with Gasteiger partial charge in [0.05, 0.1) is 5.60 Å². The molecule has 0 unspecified atom stereocenters. The summed E-state index contributed by atoms with van der Waals surface area (Å²) in [6, 6.07) is 0. The van der Waals surface area contributed by atoms with Crippen molar-refractivity contribution < 1.29 is 4.74 Å². The molecule has 0 spiro atoms. The van der Waals surface area contributed by atoms with Crippen LogP contribution in [0.2, 0.25) is 0 Å². The molecule has 0 fully saturated rings. The van der Waals surface area contributed by atoms with Gasteiger partial charge in [0.25, 0.3) is 0 Å². The molecule has 29 heavy (non-hydrogen) atoms. The molecule has 0 amide bonds. The lowest BCUT2D eigenvalue weighted by Gasteiger charge is -2.53. The standard InChI is InChI=1S/C28H58O/c1-9-11-13-15-17-19-21-23-25-29-28(26(3,4)5,27(6,7)8)24-22-20-18-16-14-12-10-2/h9-25H2,1-8H3. The topological polar surface area (TPSA) is 9.23 Å². The molecule has 0 heterocycles. The van der Waals surface area contributed by atoms with Crippen molar-refractivity contribution in [3.8, 4) is 0 Å². The maximum Gasteiger partial charge on any atom is 0.0778 e. The zero-order valence-electron chi connectivity index (χ0n) is 21.9. The lowest BCUT2D eigenvalue weighted by Crippen LogP contribution is -2.55. The third-order valence-electron chi connectivity index (χ3n) is 6.90. The molecule has 1 heteroatoms. The summed E-state index contributed by atoms with van der Waals surface area (Å²) < 4.78 is 6.85. The first-order valence-electron chi connectivity index (χ1n) is 13.3. The Morgan fingerprint density at radius 2 is 0.793 bits per heavy atom. The Labute approximate surface area is 186 Å². The number of hydrogen-bond donors (Lipinski definition) is 0. The first-order chi connectivity index (χ1) is 13.6. The Hall–Kier alpha value is -0.0400. The fraction of sp³-hybridized carbons (Fsp3) is 1.00. The average molecular weight is 411 g/mol. The van der Waals surface area contributed by atoms with E-state index < -0.39 is 0 Å². The van der Waals surface area contributed by atoms with Gasteiger partial charge in [-0.05, 0) is 23.7 Å². The van der Waals surface area contributed by atoms with E-state index in [-0.39, 0.29) is 16.4 Å². The number of rotatable bonds is 18. The van der Waals surface area contributed by atoms with Crippen molar-refractivity contribution in [1.82, 2.24) is 0 Å². The van der Waals surface area contributed by atoms with E-state index in [0.29, 0.717) is 0 Å². The highest BCUT2D eigenvalue weighted by Crippen LogP contribution is 2.50. The highest BCUT2D eigenvalue weighted by Gasteiger charge is 2.50. The van der Waals surface area contributed by atoms with Gasteiger partial charge in [-0.15, -0.1) is 0 Å². The number of ether oxygens (including phenoxy) is 1. The monoisotopic (exact) mass is 410 g/mol. The lowest BCUT2D eigenvalue weighted by molar-refractivity contribution is -0.187. The second-order valence-electron chi connectivity index (χ2n) is 11.5. The smallest absolute Gasteiger partial charge is 0.0778 e. The number of hydrogen-bond acceptors (Lipinski definition) is 1. The summed E-state index contributed by atoms with van der Waals surface area (Å²) in [7, 11) is 0. The third-order valence-corrected chi connectivity index (χ3v) is 6.90. The lowest BCUT2D eigenvalue weighted by atomic mass is 9.60. The molecule has 0 aliphatic carbocycles. The highest BCUT2D eigenvalue weighted by molar-refractivity contribution is 5.01. The second kappa shape index (κ2) is 15.7. The Bertz CT molecular complexity index is 343. The molecule has 0 N–H and O–H groups in total. The van der Waals surface area contributed by atoms with Gasteiger partial charge in [-0.1, -0.05) is 145 Å². The van der Waals surface area contributed by atoms with Crippen LogP contribution in [0.15, 0.2) is 0 Å². The van der Waals surface area contributed by atoms with Crippen molar-refractivity contribution in [2.24, 2.45) is 10.8 Å². The molecule has 1 nitrogen and oxygen atoms in total. The molecule has 0 aromatic heterocycles. The minimum Gasteiger partial charge on any atom is -0.374 e. The van der Waals surface area contributed by atoms with Gasteiger partial charge < -0.3 is 4.74 Å². The van der Waals surface area contributed by atoms with Crippen LogP contribution in [0, 0.1) is 10.8 Å². The highest BCUT2D eigenvalue weighted by atomic mass is 16.5. The van der Waals surface area contributed by atoms with Gasteiger partial charge in [0, 0.05) is 6.61 Å². The SMILES string of the molecule is CCCCCCCCCCOC(CCCCCCCCC)(C(C)(C)C)C(C)(C)C. The zero-order valence-corrected chi connectivity index (χ0v) is 21.9. The molecule has 0 saturated carbocycles. The average Bonchev–Trinajstić information content (AvgIpc) is 2.62. The number of unbranched alkanes of at least 4 members (excludes halogenated alkanes) is 13. The molecule has 0 aromatic carbocycles. The van der Waals surface area contributed by atoms with Crippen LogP contribution in [0.5, 0.6) is 0 Å². The molecule has 0 aliphatic rings. The van der Waals surface area contributed by atoms with Crippen molar-refractivity contribution in [1.29, 1.82) is 0 Å². The van der Waals surface area contributed by atoms with Gasteiger partial charge in [-0.25, -0.2) is 0 Å². The van der Waals surface area contributed by atoms with E-state index >= 15 is 0 Å². The van der Waals surface area contributed by atoms with Gasteiger partial charge >= 0.3 is 0 Å². The minimum absolute atomic E-state index is 0.0372. The van der Waals surface area contributed by atoms with Crippen LogP contribution in [-0.4, -0.2) is 12.2 Å². The fourth-order valence-corrected chi connectivity index (χ4v) is 5.19. The molecule has 0 atom stereocenters. The molecule has 0 radical (unpaired) electrons. The molecule has 0 saturated heterocycles. The van der Waals surface area contributed by atoms with Crippen LogP contribution in [0.1, 0.15) is 158 Å².